The van der Waals surface area contributed by atoms with E-state index in [2.05, 4.69) is 13.2 Å². The average molecular weight is 302 g/mol. The second-order valence-corrected chi connectivity index (χ2v) is 5.26. The largest absolute Gasteiger partial charge is 0.457 e. The molecule has 114 valence electrons. The highest BCUT2D eigenvalue weighted by Gasteiger charge is 2.43. The minimum atomic E-state index is -1.31. The molecule has 1 aliphatic rings. The lowest BCUT2D eigenvalue weighted by Crippen LogP contribution is -2.35. The monoisotopic (exact) mass is 302 g/mol. The molecule has 3 rings (SSSR count). The molecule has 1 heterocycles. The van der Waals surface area contributed by atoms with E-state index in [1.54, 1.807) is 24.3 Å². The Hall–Kier alpha value is -2.84. The molecule has 0 saturated carbocycles. The number of rotatable bonds is 3. The first-order chi connectivity index (χ1) is 11.2. The highest BCUT2D eigenvalue weighted by molar-refractivity contribution is 5.60. The van der Waals surface area contributed by atoms with E-state index >= 15 is 0 Å². The van der Waals surface area contributed by atoms with E-state index in [1.807, 2.05) is 54.6 Å². The van der Waals surface area contributed by atoms with Crippen molar-refractivity contribution in [2.75, 3.05) is 0 Å². The zero-order chi connectivity index (χ0) is 16.3. The smallest absolute Gasteiger partial charge is 0.147 e. The third-order valence-electron chi connectivity index (χ3n) is 3.90. The van der Waals surface area contributed by atoms with Gasteiger partial charge in [0, 0.05) is 11.1 Å². The van der Waals surface area contributed by atoms with Gasteiger partial charge in [0.2, 0.25) is 0 Å². The number of hydrogen-bond acceptors (Lipinski definition) is 2. The second-order valence-electron chi connectivity index (χ2n) is 5.26. The van der Waals surface area contributed by atoms with Gasteiger partial charge in [-0.05, 0) is 17.7 Å². The molecule has 0 spiro atoms. The third kappa shape index (κ3) is 2.43. The molecule has 0 saturated heterocycles. The normalized spacial score (nSPS) is 23.2. The Morgan fingerprint density at radius 2 is 1.52 bits per heavy atom. The van der Waals surface area contributed by atoms with Crippen molar-refractivity contribution in [3.63, 3.8) is 0 Å². The van der Waals surface area contributed by atoms with Crippen molar-refractivity contribution in [3.8, 4) is 5.75 Å². The molecule has 0 radical (unpaired) electrons. The average Bonchev–Trinajstić information content (AvgIpc) is 2.59. The molecule has 1 unspecified atom stereocenters. The Labute approximate surface area is 136 Å². The van der Waals surface area contributed by atoms with Crippen molar-refractivity contribution >= 4 is 0 Å². The second kappa shape index (κ2) is 6.11. The predicted octanol–water partition coefficient (Wildman–Crippen LogP) is 4.50. The van der Waals surface area contributed by atoms with Gasteiger partial charge in [0.05, 0.1) is 0 Å². The van der Waals surface area contributed by atoms with Crippen LogP contribution in [0.4, 0.5) is 0 Å². The highest BCUT2D eigenvalue weighted by atomic mass is 16.5. The molecule has 0 aliphatic carbocycles. The lowest BCUT2D eigenvalue weighted by atomic mass is 9.77. The minimum Gasteiger partial charge on any atom is -0.457 e. The van der Waals surface area contributed by atoms with Gasteiger partial charge in [-0.2, -0.15) is 0 Å². The molecule has 2 nitrogen and oxygen atoms in total. The summed E-state index contributed by atoms with van der Waals surface area (Å²) in [4.78, 5) is 0. The van der Waals surface area contributed by atoms with Gasteiger partial charge in [-0.3, -0.25) is 0 Å². The van der Waals surface area contributed by atoms with E-state index in [-0.39, 0.29) is 0 Å². The van der Waals surface area contributed by atoms with Crippen LogP contribution in [0.5, 0.6) is 5.75 Å². The minimum absolute atomic E-state index is 0.560. The van der Waals surface area contributed by atoms with Crippen LogP contribution in [-0.2, 0) is 5.60 Å². The van der Waals surface area contributed by atoms with Crippen LogP contribution in [0.15, 0.2) is 103 Å². The van der Waals surface area contributed by atoms with Gasteiger partial charge in [0.25, 0.3) is 0 Å². The van der Waals surface area contributed by atoms with Crippen LogP contribution in [0.1, 0.15) is 11.1 Å². The molecule has 2 heteroatoms. The summed E-state index contributed by atoms with van der Waals surface area (Å²) in [6.45, 7) is 7.50. The van der Waals surface area contributed by atoms with Gasteiger partial charge >= 0.3 is 0 Å². The topological polar surface area (TPSA) is 29.5 Å². The maximum absolute atomic E-state index is 11.7. The van der Waals surface area contributed by atoms with Crippen LogP contribution in [-0.4, -0.2) is 5.11 Å². The van der Waals surface area contributed by atoms with E-state index in [0.717, 1.165) is 5.56 Å². The number of hydrogen-bond donors (Lipinski definition) is 1. The van der Waals surface area contributed by atoms with Gasteiger partial charge in [-0.15, -0.1) is 0 Å². The number of ether oxygens (including phenoxy) is 1. The fourth-order valence-corrected chi connectivity index (χ4v) is 2.89. The van der Waals surface area contributed by atoms with Gasteiger partial charge in [-0.25, -0.2) is 0 Å². The first-order valence-corrected chi connectivity index (χ1v) is 7.43. The molecule has 0 bridgehead atoms. The van der Waals surface area contributed by atoms with Crippen molar-refractivity contribution < 1.29 is 9.84 Å². The Morgan fingerprint density at radius 1 is 0.870 bits per heavy atom. The van der Waals surface area contributed by atoms with Crippen molar-refractivity contribution in [2.24, 2.45) is 0 Å². The van der Waals surface area contributed by atoms with Gasteiger partial charge in [-0.1, -0.05) is 79.9 Å². The zero-order valence-electron chi connectivity index (χ0n) is 12.8. The fraction of sp³-hybridized carbons (Fsp3) is 0.0476. The lowest BCUT2D eigenvalue weighted by molar-refractivity contribution is 0.104. The van der Waals surface area contributed by atoms with E-state index in [9.17, 15) is 5.11 Å². The zero-order valence-corrected chi connectivity index (χ0v) is 12.8. The first-order valence-electron chi connectivity index (χ1n) is 7.43. The summed E-state index contributed by atoms with van der Waals surface area (Å²) >= 11 is 0. The molecule has 1 N–H and O–H groups in total. The van der Waals surface area contributed by atoms with Gasteiger partial charge in [0.15, 0.2) is 0 Å². The van der Waals surface area contributed by atoms with E-state index in [1.165, 1.54) is 0 Å². The summed E-state index contributed by atoms with van der Waals surface area (Å²) in [6.07, 6.45) is 6.82. The van der Waals surface area contributed by atoms with Crippen LogP contribution in [0.2, 0.25) is 0 Å². The maximum atomic E-state index is 11.7. The fourth-order valence-electron chi connectivity index (χ4n) is 2.89. The molecular formula is C21H18O2. The number of para-hydroxylation sites is 1. The summed E-state index contributed by atoms with van der Waals surface area (Å²) in [7, 11) is 0. The molecule has 0 aromatic heterocycles. The molecule has 0 fully saturated rings. The van der Waals surface area contributed by atoms with Crippen molar-refractivity contribution in [2.45, 2.75) is 5.60 Å². The van der Waals surface area contributed by atoms with Crippen molar-refractivity contribution in [3.05, 3.63) is 115 Å². The van der Waals surface area contributed by atoms with Crippen molar-refractivity contribution in [1.29, 1.82) is 0 Å². The number of allylic oxidation sites excluding steroid dienone is 4. The maximum Gasteiger partial charge on any atom is 0.147 e. The summed E-state index contributed by atoms with van der Waals surface area (Å²) in [5.41, 5.74) is 0.815. The highest BCUT2D eigenvalue weighted by Crippen LogP contribution is 2.48. The quantitative estimate of drug-likeness (QED) is 0.904. The molecular weight excluding hydrogens is 284 g/mol. The number of aliphatic hydroxyl groups is 1. The lowest BCUT2D eigenvalue weighted by Gasteiger charge is -2.38. The standard InChI is InChI=1S/C21H18O2/c1-3-10-17-19(11-4-2)23-20-15-9-8-14-18(20)21(17,22)16-12-6-5-7-13-16/h3-15,22H,1-2H2/b17-10?,19-11+. The third-order valence-corrected chi connectivity index (χ3v) is 3.90. The number of fused-ring (bicyclic) bond motifs is 1. The van der Waals surface area contributed by atoms with E-state index < -0.39 is 5.60 Å². The molecule has 1 aliphatic heterocycles. The van der Waals surface area contributed by atoms with Crippen LogP contribution >= 0.6 is 0 Å². The Bertz CT molecular complexity index is 800. The number of benzene rings is 2. The van der Waals surface area contributed by atoms with Gasteiger partial charge in [0.1, 0.15) is 17.1 Å². The van der Waals surface area contributed by atoms with Crippen LogP contribution in [0, 0.1) is 0 Å². The molecule has 1 atom stereocenters. The van der Waals surface area contributed by atoms with E-state index in [4.69, 9.17) is 4.74 Å². The summed E-state index contributed by atoms with van der Waals surface area (Å²) in [5.74, 6) is 1.19. The van der Waals surface area contributed by atoms with E-state index in [0.29, 0.717) is 22.6 Å². The first kappa shape index (κ1) is 15.1. The molecule has 2 aromatic rings. The van der Waals surface area contributed by atoms with Crippen LogP contribution < -0.4 is 4.74 Å². The summed E-state index contributed by atoms with van der Waals surface area (Å²) < 4.78 is 5.97. The van der Waals surface area contributed by atoms with Crippen molar-refractivity contribution in [1.82, 2.24) is 0 Å². The Kier molecular flexibility index (Phi) is 4.00. The Balaban J connectivity index is 2.36. The van der Waals surface area contributed by atoms with Crippen LogP contribution in [0.25, 0.3) is 0 Å². The van der Waals surface area contributed by atoms with Crippen LogP contribution in [0.3, 0.4) is 0 Å². The summed E-state index contributed by atoms with van der Waals surface area (Å²) in [6, 6.07) is 17.1. The van der Waals surface area contributed by atoms with Gasteiger partial charge < -0.3 is 9.84 Å². The SMILES string of the molecule is C=CC=C1/C(=C\C=C)Oc2ccccc2C1(O)c1ccccc1. The molecule has 2 aromatic carbocycles. The molecule has 23 heavy (non-hydrogen) atoms. The molecule has 0 amide bonds. The Morgan fingerprint density at radius 3 is 2.22 bits per heavy atom. The predicted molar refractivity (Wildman–Crippen MR) is 93.1 cm³/mol. The summed E-state index contributed by atoms with van der Waals surface area (Å²) in [5, 5.41) is 11.7.